The number of likely N-dealkylation sites (tertiary alicyclic amines) is 1. The van der Waals surface area contributed by atoms with Gasteiger partial charge in [-0.2, -0.15) is 0 Å². The van der Waals surface area contributed by atoms with E-state index < -0.39 is 6.04 Å². The lowest BCUT2D eigenvalue weighted by Gasteiger charge is -2.33. The number of carbonyl (C=O) groups is 1. The minimum Gasteiger partial charge on any atom is -0.340 e. The summed E-state index contributed by atoms with van der Waals surface area (Å²) in [7, 11) is 0. The molecule has 0 spiro atoms. The van der Waals surface area contributed by atoms with Gasteiger partial charge >= 0.3 is 0 Å². The number of piperidine rings is 1. The Morgan fingerprint density at radius 2 is 1.79 bits per heavy atom. The Morgan fingerprint density at radius 1 is 1.00 bits per heavy atom. The highest BCUT2D eigenvalue weighted by atomic mass is 16.2. The van der Waals surface area contributed by atoms with Crippen LogP contribution in [0.15, 0.2) is 61.1 Å². The van der Waals surface area contributed by atoms with E-state index in [0.29, 0.717) is 13.1 Å². The van der Waals surface area contributed by atoms with Crippen molar-refractivity contribution in [2.45, 2.75) is 24.8 Å². The van der Waals surface area contributed by atoms with Crippen LogP contribution in [0.3, 0.4) is 0 Å². The molecule has 1 amide bonds. The largest absolute Gasteiger partial charge is 0.340 e. The van der Waals surface area contributed by atoms with E-state index in [1.807, 2.05) is 64.0 Å². The Bertz CT molecular complexity index is 1100. The molecule has 1 fully saturated rings. The molecule has 146 valence electrons. The lowest BCUT2D eigenvalue weighted by atomic mass is 9.95. The highest BCUT2D eigenvalue weighted by Crippen LogP contribution is 2.29. The van der Waals surface area contributed by atoms with E-state index in [4.69, 9.17) is 0 Å². The van der Waals surface area contributed by atoms with Gasteiger partial charge in [-0.15, -0.1) is 15.3 Å². The van der Waals surface area contributed by atoms with Crippen molar-refractivity contribution in [3.05, 3.63) is 72.4 Å². The molecule has 0 aliphatic carbocycles. The number of amides is 1. The van der Waals surface area contributed by atoms with Gasteiger partial charge in [-0.3, -0.25) is 9.20 Å². The number of benzene rings is 1. The standard InChI is InChI=1S/C20H20N8O/c29-20(18(28-14-21-24-25-28)15-6-2-1-3-7-15)26-12-9-16(10-13-26)19-23-22-17-8-4-5-11-27(17)19/h1-8,11,14,16,18H,9-10,12-13H2. The number of hydrogen-bond donors (Lipinski definition) is 0. The number of rotatable bonds is 4. The highest BCUT2D eigenvalue weighted by Gasteiger charge is 2.32. The van der Waals surface area contributed by atoms with Gasteiger partial charge < -0.3 is 4.90 Å². The third-order valence-electron chi connectivity index (χ3n) is 5.49. The molecule has 1 atom stereocenters. The summed E-state index contributed by atoms with van der Waals surface area (Å²) in [5, 5.41) is 20.1. The molecule has 0 saturated carbocycles. The summed E-state index contributed by atoms with van der Waals surface area (Å²) in [5.74, 6) is 1.25. The van der Waals surface area contributed by atoms with E-state index in [2.05, 4.69) is 25.7 Å². The zero-order valence-corrected chi connectivity index (χ0v) is 15.7. The monoisotopic (exact) mass is 388 g/mol. The van der Waals surface area contributed by atoms with Gasteiger partial charge in [0.2, 0.25) is 0 Å². The normalized spacial score (nSPS) is 16.2. The summed E-state index contributed by atoms with van der Waals surface area (Å²) < 4.78 is 3.56. The Labute approximate surface area is 167 Å². The maximum atomic E-state index is 13.4. The molecule has 0 bridgehead atoms. The topological polar surface area (TPSA) is 94.1 Å². The first-order valence-corrected chi connectivity index (χ1v) is 9.67. The summed E-state index contributed by atoms with van der Waals surface area (Å²) in [4.78, 5) is 15.3. The SMILES string of the molecule is O=C(C(c1ccccc1)n1cnnn1)N1CCC(c2nnc3ccccn23)CC1. The van der Waals surface area contributed by atoms with Crippen LogP contribution in [0.5, 0.6) is 0 Å². The number of aromatic nitrogens is 7. The van der Waals surface area contributed by atoms with Crippen LogP contribution in [0.4, 0.5) is 0 Å². The number of nitrogens with zero attached hydrogens (tertiary/aromatic N) is 8. The maximum Gasteiger partial charge on any atom is 0.252 e. The number of fused-ring (bicyclic) bond motifs is 1. The smallest absolute Gasteiger partial charge is 0.252 e. The third-order valence-corrected chi connectivity index (χ3v) is 5.49. The summed E-state index contributed by atoms with van der Waals surface area (Å²) in [6.07, 6.45) is 5.17. The highest BCUT2D eigenvalue weighted by molar-refractivity contribution is 5.83. The first kappa shape index (κ1) is 17.5. The molecule has 1 unspecified atom stereocenters. The van der Waals surface area contributed by atoms with Gasteiger partial charge in [-0.05, 0) is 41.0 Å². The van der Waals surface area contributed by atoms with E-state index in [1.54, 1.807) is 0 Å². The van der Waals surface area contributed by atoms with Gasteiger partial charge in [-0.25, -0.2) is 4.68 Å². The van der Waals surface area contributed by atoms with Crippen LogP contribution in [0.25, 0.3) is 5.65 Å². The van der Waals surface area contributed by atoms with Gasteiger partial charge in [0.1, 0.15) is 12.2 Å². The second kappa shape index (κ2) is 7.42. The van der Waals surface area contributed by atoms with Crippen molar-refractivity contribution in [1.82, 2.24) is 39.7 Å². The molecule has 1 saturated heterocycles. The molecular weight excluding hydrogens is 368 g/mol. The Hall–Kier alpha value is -3.62. The predicted molar refractivity (Wildman–Crippen MR) is 104 cm³/mol. The molecule has 1 aromatic carbocycles. The van der Waals surface area contributed by atoms with Crippen molar-refractivity contribution in [1.29, 1.82) is 0 Å². The second-order valence-corrected chi connectivity index (χ2v) is 7.19. The number of hydrogen-bond acceptors (Lipinski definition) is 6. The van der Waals surface area contributed by atoms with Crippen LogP contribution in [-0.2, 0) is 4.79 Å². The summed E-state index contributed by atoms with van der Waals surface area (Å²) in [6.45, 7) is 1.33. The molecular formula is C20H20N8O. The third kappa shape index (κ3) is 3.24. The molecule has 4 aromatic rings. The van der Waals surface area contributed by atoms with Gasteiger partial charge in [0.25, 0.3) is 5.91 Å². The number of carbonyl (C=O) groups excluding carboxylic acids is 1. The zero-order valence-electron chi connectivity index (χ0n) is 15.7. The van der Waals surface area contributed by atoms with Crippen molar-refractivity contribution in [2.24, 2.45) is 0 Å². The van der Waals surface area contributed by atoms with Crippen molar-refractivity contribution < 1.29 is 4.79 Å². The lowest BCUT2D eigenvalue weighted by Crippen LogP contribution is -2.42. The molecule has 1 aliphatic rings. The van der Waals surface area contributed by atoms with Gasteiger partial charge in [-0.1, -0.05) is 36.4 Å². The number of tetrazole rings is 1. The fourth-order valence-electron chi connectivity index (χ4n) is 4.00. The van der Waals surface area contributed by atoms with Gasteiger partial charge in [0, 0.05) is 25.2 Å². The van der Waals surface area contributed by atoms with Crippen molar-refractivity contribution in [3.63, 3.8) is 0 Å². The van der Waals surface area contributed by atoms with Crippen molar-refractivity contribution >= 4 is 11.6 Å². The van der Waals surface area contributed by atoms with E-state index in [-0.39, 0.29) is 11.8 Å². The summed E-state index contributed by atoms with van der Waals surface area (Å²) in [5.41, 5.74) is 1.72. The van der Waals surface area contributed by atoms with Crippen LogP contribution in [0.2, 0.25) is 0 Å². The van der Waals surface area contributed by atoms with Crippen LogP contribution >= 0.6 is 0 Å². The fraction of sp³-hybridized carbons (Fsp3) is 0.300. The van der Waals surface area contributed by atoms with Crippen LogP contribution in [0, 0.1) is 0 Å². The number of pyridine rings is 1. The molecule has 29 heavy (non-hydrogen) atoms. The average Bonchev–Trinajstić information content (AvgIpc) is 3.45. The lowest BCUT2D eigenvalue weighted by molar-refractivity contribution is -0.135. The maximum absolute atomic E-state index is 13.4. The molecule has 5 rings (SSSR count). The van der Waals surface area contributed by atoms with Crippen LogP contribution in [0.1, 0.15) is 36.2 Å². The second-order valence-electron chi connectivity index (χ2n) is 7.19. The molecule has 9 nitrogen and oxygen atoms in total. The van der Waals surface area contributed by atoms with E-state index in [9.17, 15) is 4.79 Å². The molecule has 1 aliphatic heterocycles. The minimum absolute atomic E-state index is 0.00746. The summed E-state index contributed by atoms with van der Waals surface area (Å²) in [6, 6.07) is 15.0. The first-order valence-electron chi connectivity index (χ1n) is 9.67. The predicted octanol–water partition coefficient (Wildman–Crippen LogP) is 1.71. The molecule has 0 N–H and O–H groups in total. The van der Waals surface area contributed by atoms with Gasteiger partial charge in [0.05, 0.1) is 0 Å². The first-order chi connectivity index (χ1) is 14.3. The Morgan fingerprint density at radius 3 is 2.55 bits per heavy atom. The molecule has 0 radical (unpaired) electrons. The zero-order chi connectivity index (χ0) is 19.6. The minimum atomic E-state index is -0.559. The van der Waals surface area contributed by atoms with Gasteiger partial charge in [0.15, 0.2) is 11.7 Å². The van der Waals surface area contributed by atoms with Crippen molar-refractivity contribution in [2.75, 3.05) is 13.1 Å². The van der Waals surface area contributed by atoms with Crippen LogP contribution in [-0.4, -0.2) is 58.7 Å². The van der Waals surface area contributed by atoms with E-state index >= 15 is 0 Å². The van der Waals surface area contributed by atoms with Crippen LogP contribution < -0.4 is 0 Å². The average molecular weight is 388 g/mol. The Balaban J connectivity index is 1.35. The van der Waals surface area contributed by atoms with E-state index in [0.717, 1.165) is 29.9 Å². The van der Waals surface area contributed by atoms with Crippen molar-refractivity contribution in [3.8, 4) is 0 Å². The Kier molecular flexibility index (Phi) is 4.47. The molecule has 9 heteroatoms. The fourth-order valence-corrected chi connectivity index (χ4v) is 4.00. The molecule has 3 aromatic heterocycles. The molecule has 4 heterocycles. The van der Waals surface area contributed by atoms with E-state index in [1.165, 1.54) is 11.0 Å². The quantitative estimate of drug-likeness (QED) is 0.528. The summed E-state index contributed by atoms with van der Waals surface area (Å²) >= 11 is 0.